The first kappa shape index (κ1) is 13.4. The summed E-state index contributed by atoms with van der Waals surface area (Å²) in [5, 5.41) is 9.10. The molecule has 0 bridgehead atoms. The summed E-state index contributed by atoms with van der Waals surface area (Å²) in [6, 6.07) is 13.1. The van der Waals surface area contributed by atoms with E-state index >= 15 is 0 Å². The van der Waals surface area contributed by atoms with Crippen molar-refractivity contribution in [2.75, 3.05) is 24.6 Å². The first-order valence-corrected chi connectivity index (χ1v) is 6.29. The van der Waals surface area contributed by atoms with Crippen LogP contribution in [0.15, 0.2) is 53.1 Å². The number of carbonyl (C=O) groups excluding carboxylic acids is 1. The molecule has 0 aliphatic rings. The molecule has 0 radical (unpaired) electrons. The Morgan fingerprint density at radius 2 is 1.89 bits per heavy atom. The van der Waals surface area contributed by atoms with E-state index in [9.17, 15) is 4.79 Å². The summed E-state index contributed by atoms with van der Waals surface area (Å²) in [7, 11) is 0. The minimum Gasteiger partial charge on any atom is -0.461 e. The highest BCUT2D eigenvalue weighted by Gasteiger charge is 2.12. The number of aliphatic hydroxyl groups is 1. The van der Waals surface area contributed by atoms with Crippen LogP contribution in [0.5, 0.6) is 0 Å². The van der Waals surface area contributed by atoms with Crippen LogP contribution >= 0.6 is 0 Å². The second-order valence-corrected chi connectivity index (χ2v) is 4.20. The third-order valence-electron chi connectivity index (χ3n) is 2.90. The third-order valence-corrected chi connectivity index (χ3v) is 2.90. The van der Waals surface area contributed by atoms with Gasteiger partial charge in [0.15, 0.2) is 11.5 Å². The van der Waals surface area contributed by atoms with Gasteiger partial charge in [-0.15, -0.1) is 0 Å². The zero-order valence-corrected chi connectivity index (χ0v) is 10.7. The number of para-hydroxylation sites is 1. The Kier molecular flexibility index (Phi) is 4.75. The fourth-order valence-corrected chi connectivity index (χ4v) is 1.93. The molecule has 1 heterocycles. The van der Waals surface area contributed by atoms with Crippen LogP contribution in [0.25, 0.3) is 0 Å². The molecular weight excluding hydrogens is 242 g/mol. The van der Waals surface area contributed by atoms with Gasteiger partial charge in [0, 0.05) is 25.2 Å². The Hall–Kier alpha value is -2.07. The van der Waals surface area contributed by atoms with Crippen LogP contribution in [0, 0.1) is 0 Å². The molecule has 2 aromatic rings. The molecule has 0 unspecified atom stereocenters. The van der Waals surface area contributed by atoms with Gasteiger partial charge in [-0.2, -0.15) is 0 Å². The minimum atomic E-state index is -0.0242. The van der Waals surface area contributed by atoms with Crippen LogP contribution in [-0.2, 0) is 0 Å². The molecule has 0 amide bonds. The highest BCUT2D eigenvalue weighted by atomic mass is 16.3. The quantitative estimate of drug-likeness (QED) is 0.775. The van der Waals surface area contributed by atoms with Crippen molar-refractivity contribution in [3.63, 3.8) is 0 Å². The maximum atomic E-state index is 11.9. The summed E-state index contributed by atoms with van der Waals surface area (Å²) in [5.74, 6) is 0.362. The summed E-state index contributed by atoms with van der Waals surface area (Å²) in [6.07, 6.45) is 1.86. The van der Waals surface area contributed by atoms with Gasteiger partial charge in [0.05, 0.1) is 12.9 Å². The Bertz CT molecular complexity index is 493. The number of ketones is 1. The van der Waals surface area contributed by atoms with E-state index in [0.717, 1.165) is 5.69 Å². The van der Waals surface area contributed by atoms with Gasteiger partial charge in [0.2, 0.25) is 0 Å². The van der Waals surface area contributed by atoms with Crippen molar-refractivity contribution in [1.29, 1.82) is 0 Å². The number of Topliss-reactive ketones (excluding diaryl/α,β-unsaturated/α-hetero) is 1. The lowest BCUT2D eigenvalue weighted by atomic mass is 10.2. The lowest BCUT2D eigenvalue weighted by Gasteiger charge is -2.23. The van der Waals surface area contributed by atoms with E-state index in [1.54, 1.807) is 12.1 Å². The van der Waals surface area contributed by atoms with Crippen molar-refractivity contribution in [3.8, 4) is 0 Å². The molecule has 0 aliphatic heterocycles. The van der Waals surface area contributed by atoms with Crippen LogP contribution in [0.3, 0.4) is 0 Å². The van der Waals surface area contributed by atoms with E-state index in [1.165, 1.54) is 6.26 Å². The average Bonchev–Trinajstić information content (AvgIpc) is 2.98. The largest absolute Gasteiger partial charge is 0.461 e. The second-order valence-electron chi connectivity index (χ2n) is 4.20. The highest BCUT2D eigenvalue weighted by Crippen LogP contribution is 2.14. The number of nitrogens with zero attached hydrogens (tertiary/aromatic N) is 1. The van der Waals surface area contributed by atoms with Gasteiger partial charge in [-0.1, -0.05) is 18.2 Å². The zero-order valence-electron chi connectivity index (χ0n) is 10.7. The van der Waals surface area contributed by atoms with Crippen molar-refractivity contribution < 1.29 is 14.3 Å². The molecule has 100 valence electrons. The van der Waals surface area contributed by atoms with Gasteiger partial charge in [0.1, 0.15) is 0 Å². The standard InChI is InChI=1S/C15H17NO3/c17-11-10-16(13-5-2-1-3-6-13)9-8-14(18)15-7-4-12-19-15/h1-7,12,17H,8-11H2. The van der Waals surface area contributed by atoms with E-state index in [-0.39, 0.29) is 12.4 Å². The molecule has 1 aromatic carbocycles. The van der Waals surface area contributed by atoms with Crippen LogP contribution in [0.4, 0.5) is 5.69 Å². The topological polar surface area (TPSA) is 53.7 Å². The first-order chi connectivity index (χ1) is 9.31. The molecule has 0 saturated heterocycles. The van der Waals surface area contributed by atoms with Gasteiger partial charge >= 0.3 is 0 Å². The number of benzene rings is 1. The predicted octanol–water partition coefficient (Wildman–Crippen LogP) is 2.35. The Balaban J connectivity index is 1.96. The van der Waals surface area contributed by atoms with Crippen LogP contribution in [0.1, 0.15) is 17.0 Å². The number of carbonyl (C=O) groups is 1. The molecule has 0 fully saturated rings. The summed E-state index contributed by atoms with van der Waals surface area (Å²) >= 11 is 0. The van der Waals surface area contributed by atoms with Gasteiger partial charge in [-0.05, 0) is 24.3 Å². The molecule has 0 saturated carbocycles. The van der Waals surface area contributed by atoms with Crippen LogP contribution in [0.2, 0.25) is 0 Å². The smallest absolute Gasteiger partial charge is 0.199 e. The van der Waals surface area contributed by atoms with Gasteiger partial charge in [-0.3, -0.25) is 4.79 Å². The number of furan rings is 1. The van der Waals surface area contributed by atoms with Crippen molar-refractivity contribution in [2.45, 2.75) is 6.42 Å². The fourth-order valence-electron chi connectivity index (χ4n) is 1.93. The monoisotopic (exact) mass is 259 g/mol. The minimum absolute atomic E-state index is 0.0242. The third kappa shape index (κ3) is 3.69. The maximum Gasteiger partial charge on any atom is 0.199 e. The normalized spacial score (nSPS) is 10.4. The molecule has 2 rings (SSSR count). The maximum absolute atomic E-state index is 11.9. The predicted molar refractivity (Wildman–Crippen MR) is 73.4 cm³/mol. The summed E-state index contributed by atoms with van der Waals surface area (Å²) < 4.78 is 5.08. The molecule has 0 spiro atoms. The Morgan fingerprint density at radius 1 is 1.11 bits per heavy atom. The van der Waals surface area contributed by atoms with E-state index in [4.69, 9.17) is 9.52 Å². The molecule has 4 heteroatoms. The molecular formula is C15H17NO3. The van der Waals surface area contributed by atoms with E-state index in [0.29, 0.717) is 25.3 Å². The van der Waals surface area contributed by atoms with Gasteiger partial charge in [-0.25, -0.2) is 0 Å². The average molecular weight is 259 g/mol. The second kappa shape index (κ2) is 6.75. The van der Waals surface area contributed by atoms with E-state index in [1.807, 2.05) is 35.2 Å². The van der Waals surface area contributed by atoms with Gasteiger partial charge < -0.3 is 14.4 Å². The summed E-state index contributed by atoms with van der Waals surface area (Å²) in [5.41, 5.74) is 1.00. The zero-order chi connectivity index (χ0) is 13.5. The van der Waals surface area contributed by atoms with Crippen molar-refractivity contribution in [2.24, 2.45) is 0 Å². The number of hydrogen-bond donors (Lipinski definition) is 1. The summed E-state index contributed by atoms with van der Waals surface area (Å²) in [4.78, 5) is 13.8. The van der Waals surface area contributed by atoms with Crippen molar-refractivity contribution in [1.82, 2.24) is 0 Å². The molecule has 1 N–H and O–H groups in total. The molecule has 19 heavy (non-hydrogen) atoms. The number of rotatable bonds is 7. The number of aliphatic hydroxyl groups excluding tert-OH is 1. The van der Waals surface area contributed by atoms with Gasteiger partial charge in [0.25, 0.3) is 0 Å². The molecule has 4 nitrogen and oxygen atoms in total. The van der Waals surface area contributed by atoms with E-state index < -0.39 is 0 Å². The molecule has 0 aliphatic carbocycles. The number of anilines is 1. The summed E-state index contributed by atoms with van der Waals surface area (Å²) in [6.45, 7) is 1.13. The Morgan fingerprint density at radius 3 is 2.53 bits per heavy atom. The SMILES string of the molecule is O=C(CCN(CCO)c1ccccc1)c1ccco1. The first-order valence-electron chi connectivity index (χ1n) is 6.29. The fraction of sp³-hybridized carbons (Fsp3) is 0.267. The van der Waals surface area contributed by atoms with E-state index in [2.05, 4.69) is 0 Å². The highest BCUT2D eigenvalue weighted by molar-refractivity contribution is 5.93. The molecule has 0 atom stereocenters. The van der Waals surface area contributed by atoms with Crippen molar-refractivity contribution >= 4 is 11.5 Å². The van der Waals surface area contributed by atoms with Crippen LogP contribution < -0.4 is 4.90 Å². The lowest BCUT2D eigenvalue weighted by Crippen LogP contribution is -2.29. The van der Waals surface area contributed by atoms with Crippen LogP contribution in [-0.4, -0.2) is 30.6 Å². The lowest BCUT2D eigenvalue weighted by molar-refractivity contribution is 0.0957. The Labute approximate surface area is 112 Å². The van der Waals surface area contributed by atoms with Crippen molar-refractivity contribution in [3.05, 3.63) is 54.5 Å². The molecule has 1 aromatic heterocycles. The number of hydrogen-bond acceptors (Lipinski definition) is 4.